The Morgan fingerprint density at radius 3 is 2.64 bits per heavy atom. The zero-order valence-electron chi connectivity index (χ0n) is 12.6. The molecule has 0 aliphatic heterocycles. The lowest BCUT2D eigenvalue weighted by molar-refractivity contribution is -0.115. The Kier molecular flexibility index (Phi) is 5.70. The molecular weight excluding hydrogens is 401 g/mol. The molecule has 0 spiro atoms. The van der Waals surface area contributed by atoms with E-state index >= 15 is 0 Å². The average Bonchev–Trinajstić information content (AvgIpc) is 3.23. The van der Waals surface area contributed by atoms with E-state index in [-0.39, 0.29) is 18.2 Å². The Labute approximate surface area is 161 Å². The minimum atomic E-state index is -0.237. The number of hydrogen-bond acceptors (Lipinski definition) is 5. The lowest BCUT2D eigenvalue weighted by atomic mass is 10.3. The van der Waals surface area contributed by atoms with Crippen LogP contribution in [0, 0.1) is 0 Å². The van der Waals surface area contributed by atoms with Gasteiger partial charge in [0.1, 0.15) is 0 Å². The van der Waals surface area contributed by atoms with E-state index in [4.69, 9.17) is 23.2 Å². The number of amides is 2. The standard InChI is InChI=1S/C16H11Cl2N3O2S2/c17-12-2-1-10(5-13(12)18)19-14(22)6-11-8-25-16(20-11)21-15(23)9-3-4-24-7-9/h1-5,7-8H,6H2,(H,19,22)(H,20,21,23). The van der Waals surface area contributed by atoms with Crippen LogP contribution in [0.3, 0.4) is 0 Å². The van der Waals surface area contributed by atoms with Crippen LogP contribution in [0.4, 0.5) is 10.8 Å². The maximum absolute atomic E-state index is 12.1. The first-order valence-electron chi connectivity index (χ1n) is 7.04. The third kappa shape index (κ3) is 4.79. The van der Waals surface area contributed by atoms with Crippen LogP contribution in [-0.4, -0.2) is 16.8 Å². The SMILES string of the molecule is O=C(Cc1csc(NC(=O)c2ccsc2)n1)Nc1ccc(Cl)c(Cl)c1. The molecule has 0 unspecified atom stereocenters. The molecule has 128 valence electrons. The van der Waals surface area contributed by atoms with Gasteiger partial charge in [0, 0.05) is 16.4 Å². The van der Waals surface area contributed by atoms with Crippen molar-refractivity contribution in [2.75, 3.05) is 10.6 Å². The lowest BCUT2D eigenvalue weighted by Gasteiger charge is -2.05. The molecule has 0 aliphatic carbocycles. The van der Waals surface area contributed by atoms with E-state index in [1.165, 1.54) is 22.7 Å². The second kappa shape index (κ2) is 7.97. The van der Waals surface area contributed by atoms with Gasteiger partial charge in [0.15, 0.2) is 5.13 Å². The van der Waals surface area contributed by atoms with Gasteiger partial charge < -0.3 is 5.32 Å². The summed E-state index contributed by atoms with van der Waals surface area (Å²) in [5, 5.41) is 12.0. The van der Waals surface area contributed by atoms with E-state index in [2.05, 4.69) is 15.6 Å². The van der Waals surface area contributed by atoms with Gasteiger partial charge in [-0.15, -0.1) is 11.3 Å². The highest BCUT2D eigenvalue weighted by Gasteiger charge is 2.12. The third-order valence-electron chi connectivity index (χ3n) is 3.10. The molecule has 2 N–H and O–H groups in total. The molecule has 0 radical (unpaired) electrons. The van der Waals surface area contributed by atoms with Gasteiger partial charge in [-0.25, -0.2) is 4.98 Å². The maximum atomic E-state index is 12.1. The lowest BCUT2D eigenvalue weighted by Crippen LogP contribution is -2.15. The van der Waals surface area contributed by atoms with Crippen LogP contribution >= 0.6 is 45.9 Å². The highest BCUT2D eigenvalue weighted by atomic mass is 35.5. The monoisotopic (exact) mass is 411 g/mol. The van der Waals surface area contributed by atoms with Gasteiger partial charge in [-0.2, -0.15) is 11.3 Å². The summed E-state index contributed by atoms with van der Waals surface area (Å²) in [5.74, 6) is -0.457. The quantitative estimate of drug-likeness (QED) is 0.623. The molecule has 0 bridgehead atoms. The summed E-state index contributed by atoms with van der Waals surface area (Å²) in [6, 6.07) is 6.59. The van der Waals surface area contributed by atoms with Crippen LogP contribution in [0.15, 0.2) is 40.4 Å². The maximum Gasteiger partial charge on any atom is 0.258 e. The number of benzene rings is 1. The molecule has 9 heteroatoms. The Bertz CT molecular complexity index is 910. The third-order valence-corrected chi connectivity index (χ3v) is 5.33. The first kappa shape index (κ1) is 17.9. The van der Waals surface area contributed by atoms with Crippen molar-refractivity contribution in [3.05, 3.63) is 61.7 Å². The molecule has 1 aromatic carbocycles. The Morgan fingerprint density at radius 1 is 1.08 bits per heavy atom. The van der Waals surface area contributed by atoms with Crippen LogP contribution in [0.1, 0.15) is 16.1 Å². The molecule has 2 heterocycles. The van der Waals surface area contributed by atoms with Gasteiger partial charge in [0.2, 0.25) is 5.91 Å². The number of nitrogens with zero attached hydrogens (tertiary/aromatic N) is 1. The van der Waals surface area contributed by atoms with Gasteiger partial charge in [0.25, 0.3) is 5.91 Å². The Morgan fingerprint density at radius 2 is 1.92 bits per heavy atom. The molecule has 0 saturated heterocycles. The van der Waals surface area contributed by atoms with E-state index in [0.29, 0.717) is 32.1 Å². The minimum absolute atomic E-state index is 0.0884. The first-order valence-corrected chi connectivity index (χ1v) is 9.62. The van der Waals surface area contributed by atoms with Gasteiger partial charge in [-0.05, 0) is 29.6 Å². The summed E-state index contributed by atoms with van der Waals surface area (Å²) in [5.41, 5.74) is 1.71. The molecule has 0 aliphatic rings. The van der Waals surface area contributed by atoms with Gasteiger partial charge in [0.05, 0.1) is 27.7 Å². The number of thiophene rings is 1. The number of rotatable bonds is 5. The van der Waals surface area contributed by atoms with Crippen LogP contribution < -0.4 is 10.6 Å². The number of nitrogens with one attached hydrogen (secondary N) is 2. The van der Waals surface area contributed by atoms with Crippen LogP contribution in [0.25, 0.3) is 0 Å². The number of carbonyl (C=O) groups is 2. The number of carbonyl (C=O) groups excluding carboxylic acids is 2. The van der Waals surface area contributed by atoms with Crippen molar-refractivity contribution in [3.63, 3.8) is 0 Å². The minimum Gasteiger partial charge on any atom is -0.326 e. The Hall–Kier alpha value is -1.93. The summed E-state index contributed by atoms with van der Waals surface area (Å²) < 4.78 is 0. The van der Waals surface area contributed by atoms with E-state index in [1.807, 2.05) is 5.38 Å². The molecule has 0 atom stereocenters. The molecule has 0 saturated carbocycles. The van der Waals surface area contributed by atoms with Crippen molar-refractivity contribution < 1.29 is 9.59 Å². The zero-order chi connectivity index (χ0) is 17.8. The molecule has 0 fully saturated rings. The number of halogens is 2. The summed E-state index contributed by atoms with van der Waals surface area (Å²) in [4.78, 5) is 28.3. The van der Waals surface area contributed by atoms with E-state index in [1.54, 1.807) is 35.0 Å². The van der Waals surface area contributed by atoms with Crippen LogP contribution in [-0.2, 0) is 11.2 Å². The molecule has 5 nitrogen and oxygen atoms in total. The average molecular weight is 412 g/mol. The second-order valence-electron chi connectivity index (χ2n) is 4.96. The second-order valence-corrected chi connectivity index (χ2v) is 7.42. The number of anilines is 2. The number of thiazole rings is 1. The van der Waals surface area contributed by atoms with Crippen LogP contribution in [0.5, 0.6) is 0 Å². The van der Waals surface area contributed by atoms with E-state index < -0.39 is 0 Å². The molecule has 25 heavy (non-hydrogen) atoms. The fourth-order valence-electron chi connectivity index (χ4n) is 1.95. The number of hydrogen-bond donors (Lipinski definition) is 2. The van der Waals surface area contributed by atoms with Crippen molar-refractivity contribution in [1.82, 2.24) is 4.98 Å². The predicted molar refractivity (Wildman–Crippen MR) is 103 cm³/mol. The fourth-order valence-corrected chi connectivity index (χ4v) is 3.59. The summed E-state index contributed by atoms with van der Waals surface area (Å²) in [6.45, 7) is 0. The van der Waals surface area contributed by atoms with Crippen molar-refractivity contribution >= 4 is 68.5 Å². The van der Waals surface area contributed by atoms with E-state index in [9.17, 15) is 9.59 Å². The zero-order valence-corrected chi connectivity index (χ0v) is 15.7. The number of aromatic nitrogens is 1. The summed E-state index contributed by atoms with van der Waals surface area (Å²) >= 11 is 14.5. The van der Waals surface area contributed by atoms with Gasteiger partial charge in [-0.1, -0.05) is 23.2 Å². The molecule has 3 rings (SSSR count). The highest BCUT2D eigenvalue weighted by molar-refractivity contribution is 7.14. The van der Waals surface area contributed by atoms with Gasteiger partial charge in [-0.3, -0.25) is 14.9 Å². The largest absolute Gasteiger partial charge is 0.326 e. The topological polar surface area (TPSA) is 71.1 Å². The first-order chi connectivity index (χ1) is 12.0. The summed E-state index contributed by atoms with van der Waals surface area (Å²) in [7, 11) is 0. The molecule has 2 amide bonds. The van der Waals surface area contributed by atoms with E-state index in [0.717, 1.165) is 0 Å². The molecular formula is C16H11Cl2N3O2S2. The smallest absolute Gasteiger partial charge is 0.258 e. The van der Waals surface area contributed by atoms with Crippen molar-refractivity contribution in [1.29, 1.82) is 0 Å². The fraction of sp³-hybridized carbons (Fsp3) is 0.0625. The van der Waals surface area contributed by atoms with Crippen molar-refractivity contribution in [2.24, 2.45) is 0 Å². The van der Waals surface area contributed by atoms with Crippen molar-refractivity contribution in [2.45, 2.75) is 6.42 Å². The van der Waals surface area contributed by atoms with Crippen molar-refractivity contribution in [3.8, 4) is 0 Å². The summed E-state index contributed by atoms with van der Waals surface area (Å²) in [6.07, 6.45) is 0.0884. The van der Waals surface area contributed by atoms with Crippen LogP contribution in [0.2, 0.25) is 10.0 Å². The predicted octanol–water partition coefficient (Wildman–Crippen LogP) is 4.94. The normalized spacial score (nSPS) is 10.5. The Balaban J connectivity index is 1.58. The van der Waals surface area contributed by atoms with Gasteiger partial charge >= 0.3 is 0 Å². The molecule has 2 aromatic heterocycles. The molecule has 3 aromatic rings. The highest BCUT2D eigenvalue weighted by Crippen LogP contribution is 2.25.